The predicted molar refractivity (Wildman–Crippen MR) is 48.3 cm³/mol. The highest BCUT2D eigenvalue weighted by atomic mass is 16.5. The van der Waals surface area contributed by atoms with Crippen molar-refractivity contribution in [3.63, 3.8) is 0 Å². The third-order valence-corrected chi connectivity index (χ3v) is 1.98. The van der Waals surface area contributed by atoms with Crippen molar-refractivity contribution >= 4 is 0 Å². The van der Waals surface area contributed by atoms with E-state index in [4.69, 9.17) is 4.74 Å². The Kier molecular flexibility index (Phi) is 4.07. The van der Waals surface area contributed by atoms with Crippen molar-refractivity contribution in [3.8, 4) is 0 Å². The Morgan fingerprint density at radius 2 is 2.42 bits per heavy atom. The summed E-state index contributed by atoms with van der Waals surface area (Å²) in [5, 5.41) is 0. The molecule has 0 aliphatic carbocycles. The maximum absolute atomic E-state index is 5.02. The topological polar surface area (TPSA) is 36.5 Å². The van der Waals surface area contributed by atoms with Gasteiger partial charge in [0.2, 0.25) is 0 Å². The number of nitrogens with zero attached hydrogens (tertiary/aromatic N) is 1. The van der Waals surface area contributed by atoms with Crippen molar-refractivity contribution in [2.75, 3.05) is 26.8 Å². The molecule has 0 aromatic rings. The van der Waals surface area contributed by atoms with Crippen molar-refractivity contribution in [3.05, 3.63) is 12.3 Å². The van der Waals surface area contributed by atoms with Crippen LogP contribution >= 0.6 is 0 Å². The van der Waals surface area contributed by atoms with E-state index in [0.717, 1.165) is 19.7 Å². The van der Waals surface area contributed by atoms with Gasteiger partial charge in [-0.25, -0.2) is 5.43 Å². The molecule has 4 heteroatoms. The van der Waals surface area contributed by atoms with E-state index >= 15 is 0 Å². The summed E-state index contributed by atoms with van der Waals surface area (Å²) in [6.45, 7) is 4.90. The minimum absolute atomic E-state index is 0.310. The summed E-state index contributed by atoms with van der Waals surface area (Å²) in [7, 11) is 1.73. The molecule has 4 nitrogen and oxygen atoms in total. The highest BCUT2D eigenvalue weighted by Crippen LogP contribution is 1.99. The minimum Gasteiger partial charge on any atom is -0.383 e. The monoisotopic (exact) mass is 171 g/mol. The molecule has 12 heavy (non-hydrogen) atoms. The Morgan fingerprint density at radius 1 is 1.58 bits per heavy atom. The molecule has 1 heterocycles. The Hall–Kier alpha value is -0.580. The molecule has 1 unspecified atom stereocenters. The Labute approximate surface area is 73.5 Å². The Morgan fingerprint density at radius 3 is 2.92 bits per heavy atom. The maximum atomic E-state index is 5.02. The molecule has 0 aromatic heterocycles. The molecule has 1 aliphatic heterocycles. The third kappa shape index (κ3) is 2.48. The summed E-state index contributed by atoms with van der Waals surface area (Å²) in [6, 6.07) is 0. The summed E-state index contributed by atoms with van der Waals surface area (Å²) < 4.78 is 5.02. The highest BCUT2D eigenvalue weighted by Gasteiger charge is 2.15. The summed E-state index contributed by atoms with van der Waals surface area (Å²) in [6.07, 6.45) is 4.32. The second kappa shape index (κ2) is 5.13. The number of ether oxygens (including phenoxy) is 1. The fourth-order valence-electron chi connectivity index (χ4n) is 1.24. The first-order valence-corrected chi connectivity index (χ1v) is 4.29. The van der Waals surface area contributed by atoms with Gasteiger partial charge in [0.1, 0.15) is 0 Å². The van der Waals surface area contributed by atoms with E-state index < -0.39 is 0 Å². The molecular weight excluding hydrogens is 154 g/mol. The lowest BCUT2D eigenvalue weighted by Gasteiger charge is -2.25. The molecule has 0 bridgehead atoms. The fraction of sp³-hybridized carbons (Fsp3) is 0.750. The lowest BCUT2D eigenvalue weighted by atomic mass is 10.4. The third-order valence-electron chi connectivity index (χ3n) is 1.98. The first-order chi connectivity index (χ1) is 5.88. The van der Waals surface area contributed by atoms with Gasteiger partial charge in [0, 0.05) is 19.9 Å². The lowest BCUT2D eigenvalue weighted by Crippen LogP contribution is -2.46. The number of likely N-dealkylation sites (N-methyl/N-ethyl adjacent to an activating group) is 1. The normalized spacial score (nSPS) is 21.8. The second-order valence-electron chi connectivity index (χ2n) is 2.71. The van der Waals surface area contributed by atoms with E-state index in [1.54, 1.807) is 7.11 Å². The van der Waals surface area contributed by atoms with E-state index in [-0.39, 0.29) is 0 Å². The van der Waals surface area contributed by atoms with Crippen molar-refractivity contribution in [1.29, 1.82) is 0 Å². The van der Waals surface area contributed by atoms with Gasteiger partial charge >= 0.3 is 0 Å². The number of hydrogen-bond acceptors (Lipinski definition) is 4. The van der Waals surface area contributed by atoms with Crippen LogP contribution in [0.15, 0.2) is 12.3 Å². The summed E-state index contributed by atoms with van der Waals surface area (Å²) in [5.41, 5.74) is 6.08. The van der Waals surface area contributed by atoms with Gasteiger partial charge in [-0.1, -0.05) is 6.92 Å². The van der Waals surface area contributed by atoms with Gasteiger partial charge < -0.3 is 10.2 Å². The van der Waals surface area contributed by atoms with Gasteiger partial charge in [0.05, 0.1) is 12.8 Å². The molecular formula is C8H17N3O. The molecule has 1 rings (SSSR count). The number of rotatable bonds is 5. The van der Waals surface area contributed by atoms with E-state index in [9.17, 15) is 0 Å². The van der Waals surface area contributed by atoms with Crippen LogP contribution in [0, 0.1) is 0 Å². The first kappa shape index (κ1) is 9.51. The predicted octanol–water partition coefficient (Wildman–Crippen LogP) is -0.0977. The zero-order valence-electron chi connectivity index (χ0n) is 7.71. The van der Waals surface area contributed by atoms with Gasteiger partial charge in [-0.05, 0) is 12.6 Å². The van der Waals surface area contributed by atoms with E-state index in [1.165, 1.54) is 0 Å². The number of methoxy groups -OCH3 is 1. The van der Waals surface area contributed by atoms with Gasteiger partial charge in [-0.2, -0.15) is 0 Å². The largest absolute Gasteiger partial charge is 0.383 e. The van der Waals surface area contributed by atoms with Crippen molar-refractivity contribution in [2.24, 2.45) is 0 Å². The van der Waals surface area contributed by atoms with Crippen molar-refractivity contribution < 1.29 is 4.74 Å². The van der Waals surface area contributed by atoms with Crippen LogP contribution in [-0.4, -0.2) is 37.9 Å². The number of nitrogens with one attached hydrogen (secondary N) is 2. The van der Waals surface area contributed by atoms with E-state index in [2.05, 4.69) is 28.8 Å². The molecule has 0 spiro atoms. The van der Waals surface area contributed by atoms with Crippen LogP contribution in [-0.2, 0) is 4.74 Å². The Balaban J connectivity index is 2.28. The van der Waals surface area contributed by atoms with Crippen LogP contribution in [0.1, 0.15) is 6.92 Å². The van der Waals surface area contributed by atoms with E-state index in [1.807, 2.05) is 6.20 Å². The average Bonchev–Trinajstić information content (AvgIpc) is 2.59. The molecule has 1 atom stereocenters. The molecule has 0 radical (unpaired) electrons. The standard InChI is InChI=1S/C8H17N3O/c1-3-11(6-7-12-2)8-4-5-9-10-8/h4-5,8-10H,3,6-7H2,1-2H3. The quantitative estimate of drug-likeness (QED) is 0.606. The lowest BCUT2D eigenvalue weighted by molar-refractivity contribution is 0.126. The minimum atomic E-state index is 0.310. The van der Waals surface area contributed by atoms with Crippen LogP contribution in [0.4, 0.5) is 0 Å². The fourth-order valence-corrected chi connectivity index (χ4v) is 1.24. The summed E-state index contributed by atoms with van der Waals surface area (Å²) in [4.78, 5) is 2.29. The van der Waals surface area contributed by atoms with Gasteiger partial charge in [-0.15, -0.1) is 0 Å². The number of hydrogen-bond donors (Lipinski definition) is 2. The molecule has 0 saturated carbocycles. The van der Waals surface area contributed by atoms with Gasteiger partial charge in [0.25, 0.3) is 0 Å². The smallest absolute Gasteiger partial charge is 0.0980 e. The average molecular weight is 171 g/mol. The molecule has 0 aromatic carbocycles. The van der Waals surface area contributed by atoms with Crippen molar-refractivity contribution in [1.82, 2.24) is 15.8 Å². The molecule has 1 aliphatic rings. The zero-order chi connectivity index (χ0) is 8.81. The van der Waals surface area contributed by atoms with Crippen LogP contribution in [0.3, 0.4) is 0 Å². The van der Waals surface area contributed by atoms with Gasteiger partial charge in [-0.3, -0.25) is 4.90 Å². The molecule has 0 saturated heterocycles. The van der Waals surface area contributed by atoms with E-state index in [0.29, 0.717) is 6.17 Å². The second-order valence-corrected chi connectivity index (χ2v) is 2.71. The van der Waals surface area contributed by atoms with Crippen molar-refractivity contribution in [2.45, 2.75) is 13.1 Å². The van der Waals surface area contributed by atoms with Crippen LogP contribution in [0.2, 0.25) is 0 Å². The maximum Gasteiger partial charge on any atom is 0.0980 e. The molecule has 70 valence electrons. The summed E-state index contributed by atoms with van der Waals surface area (Å²) >= 11 is 0. The zero-order valence-corrected chi connectivity index (χ0v) is 7.71. The molecule has 0 amide bonds. The number of hydrazine groups is 1. The Bertz CT molecular complexity index is 149. The van der Waals surface area contributed by atoms with Gasteiger partial charge in [0.15, 0.2) is 0 Å². The SMILES string of the molecule is CCN(CCOC)C1C=CNN1. The molecule has 0 fully saturated rings. The summed E-state index contributed by atoms with van der Waals surface area (Å²) in [5.74, 6) is 0. The van der Waals surface area contributed by atoms with Crippen LogP contribution in [0.25, 0.3) is 0 Å². The van der Waals surface area contributed by atoms with Crippen LogP contribution < -0.4 is 10.9 Å². The molecule has 2 N–H and O–H groups in total. The van der Waals surface area contributed by atoms with Crippen LogP contribution in [0.5, 0.6) is 0 Å². The first-order valence-electron chi connectivity index (χ1n) is 4.29. The highest BCUT2D eigenvalue weighted by molar-refractivity contribution is 4.96.